The third-order valence-corrected chi connectivity index (χ3v) is 7.36. The normalized spacial score (nSPS) is 24.4. The molecule has 31 heavy (non-hydrogen) atoms. The number of Topliss-reactive ketones (excluding diaryl/α,β-unsaturated/α-hetero) is 1. The van der Waals surface area contributed by atoms with E-state index in [0.29, 0.717) is 29.3 Å². The molecule has 4 atom stereocenters. The molecule has 0 spiro atoms. The van der Waals surface area contributed by atoms with Crippen LogP contribution in [0.4, 0.5) is 4.39 Å². The highest BCUT2D eigenvalue weighted by Gasteiger charge is 2.43. The van der Waals surface area contributed by atoms with Crippen LogP contribution < -0.4 is 0 Å². The molecule has 6 heteroatoms. The Morgan fingerprint density at radius 1 is 1.16 bits per heavy atom. The van der Waals surface area contributed by atoms with Crippen LogP contribution >= 0.6 is 11.6 Å². The monoisotopic (exact) mass is 437 g/mol. The van der Waals surface area contributed by atoms with Crippen molar-refractivity contribution >= 4 is 28.3 Å². The summed E-state index contributed by atoms with van der Waals surface area (Å²) in [4.78, 5) is 23.6. The molecule has 1 saturated heterocycles. The zero-order valence-corrected chi connectivity index (χ0v) is 18.2. The average molecular weight is 438 g/mol. The summed E-state index contributed by atoms with van der Waals surface area (Å²) in [7, 11) is 0. The van der Waals surface area contributed by atoms with Crippen LogP contribution in [0.25, 0.3) is 10.9 Å². The van der Waals surface area contributed by atoms with Crippen molar-refractivity contribution in [3.05, 3.63) is 70.9 Å². The highest BCUT2D eigenvalue weighted by atomic mass is 35.5. The molecular weight excluding hydrogens is 413 g/mol. The lowest BCUT2D eigenvalue weighted by Gasteiger charge is -2.25. The number of aromatic nitrogens is 2. The molecule has 0 N–H and O–H groups in total. The van der Waals surface area contributed by atoms with Gasteiger partial charge in [0.1, 0.15) is 11.0 Å². The standard InChI is InChI=1S/C25H25ClFN3O/c1-15(24(31)8-16-2-5-25(26)29-12-16)30-13-18-9-17(10-19(18)14-30)21-6-7-28-23-4-3-20(27)11-22(21)23/h2-7,11-12,15,17-19H,8-10,13-14H2,1H3/t15?,17?,18-,19+. The number of hydrogen-bond acceptors (Lipinski definition) is 4. The summed E-state index contributed by atoms with van der Waals surface area (Å²) in [5.74, 6) is 1.59. The predicted molar refractivity (Wildman–Crippen MR) is 120 cm³/mol. The van der Waals surface area contributed by atoms with Crippen molar-refractivity contribution in [2.75, 3.05) is 13.1 Å². The van der Waals surface area contributed by atoms with Gasteiger partial charge in [0.15, 0.2) is 5.78 Å². The van der Waals surface area contributed by atoms with Crippen LogP contribution in [0.15, 0.2) is 48.8 Å². The molecule has 0 radical (unpaired) electrons. The molecular formula is C25H25ClFN3O. The SMILES string of the molecule is CC(C(=O)Cc1ccc(Cl)nc1)N1C[C@H]2CC(c3ccnc4ccc(F)cc34)C[C@H]2C1. The van der Waals surface area contributed by atoms with Gasteiger partial charge >= 0.3 is 0 Å². The summed E-state index contributed by atoms with van der Waals surface area (Å²) in [6.45, 7) is 3.91. The Kier molecular flexibility index (Phi) is 5.49. The zero-order chi connectivity index (χ0) is 21.5. The van der Waals surface area contributed by atoms with Crippen molar-refractivity contribution in [1.82, 2.24) is 14.9 Å². The molecule has 160 valence electrons. The molecule has 0 amide bonds. The Bertz CT molecular complexity index is 1110. The number of halogens is 2. The summed E-state index contributed by atoms with van der Waals surface area (Å²) in [6, 6.07) is 10.4. The molecule has 3 heterocycles. The van der Waals surface area contributed by atoms with Crippen LogP contribution in [0.3, 0.4) is 0 Å². The van der Waals surface area contributed by atoms with Gasteiger partial charge in [0.2, 0.25) is 0 Å². The number of likely N-dealkylation sites (tertiary alicyclic amines) is 1. The molecule has 2 aliphatic rings. The van der Waals surface area contributed by atoms with Gasteiger partial charge in [-0.15, -0.1) is 0 Å². The molecule has 3 aromatic rings. The zero-order valence-electron chi connectivity index (χ0n) is 17.5. The van der Waals surface area contributed by atoms with Gasteiger partial charge in [-0.3, -0.25) is 14.7 Å². The molecule has 2 aromatic heterocycles. The van der Waals surface area contributed by atoms with E-state index in [1.165, 1.54) is 11.6 Å². The maximum atomic E-state index is 13.8. The summed E-state index contributed by atoms with van der Waals surface area (Å²) in [5.41, 5.74) is 2.97. The van der Waals surface area contributed by atoms with Gasteiger partial charge in [-0.05, 0) is 79.0 Å². The van der Waals surface area contributed by atoms with Gasteiger partial charge in [0.25, 0.3) is 0 Å². The Labute approximate surface area is 186 Å². The molecule has 1 saturated carbocycles. The maximum Gasteiger partial charge on any atom is 0.154 e. The van der Waals surface area contributed by atoms with Crippen molar-refractivity contribution in [1.29, 1.82) is 0 Å². The topological polar surface area (TPSA) is 46.1 Å². The molecule has 0 bridgehead atoms. The quantitative estimate of drug-likeness (QED) is 0.524. The number of hydrogen-bond donors (Lipinski definition) is 0. The van der Waals surface area contributed by atoms with E-state index in [0.717, 1.165) is 42.4 Å². The molecule has 1 aliphatic heterocycles. The van der Waals surface area contributed by atoms with E-state index < -0.39 is 0 Å². The largest absolute Gasteiger partial charge is 0.298 e. The minimum absolute atomic E-state index is 0.101. The number of carbonyl (C=O) groups is 1. The van der Waals surface area contributed by atoms with Crippen LogP contribution in [-0.2, 0) is 11.2 Å². The number of nitrogens with zero attached hydrogens (tertiary/aromatic N) is 3. The van der Waals surface area contributed by atoms with Crippen LogP contribution in [0.2, 0.25) is 5.15 Å². The van der Waals surface area contributed by atoms with E-state index >= 15 is 0 Å². The number of fused-ring (bicyclic) bond motifs is 2. The molecule has 2 fully saturated rings. The van der Waals surface area contributed by atoms with E-state index in [4.69, 9.17) is 11.6 Å². The van der Waals surface area contributed by atoms with Gasteiger partial charge in [-0.25, -0.2) is 9.37 Å². The maximum absolute atomic E-state index is 13.8. The van der Waals surface area contributed by atoms with Crippen LogP contribution in [0.5, 0.6) is 0 Å². The summed E-state index contributed by atoms with van der Waals surface area (Å²) in [5, 5.41) is 1.38. The number of benzene rings is 1. The second kappa shape index (κ2) is 8.29. The van der Waals surface area contributed by atoms with Gasteiger partial charge < -0.3 is 0 Å². The Hall–Kier alpha value is -2.37. The first-order chi connectivity index (χ1) is 15.0. The fraction of sp³-hybridized carbons (Fsp3) is 0.400. The summed E-state index contributed by atoms with van der Waals surface area (Å²) in [6.07, 6.45) is 6.06. The van der Waals surface area contributed by atoms with E-state index in [9.17, 15) is 9.18 Å². The van der Waals surface area contributed by atoms with Gasteiger partial charge in [-0.2, -0.15) is 0 Å². The highest BCUT2D eigenvalue weighted by Crippen LogP contribution is 2.47. The number of pyridine rings is 2. The number of ketones is 1. The summed E-state index contributed by atoms with van der Waals surface area (Å²) < 4.78 is 13.8. The van der Waals surface area contributed by atoms with E-state index in [-0.39, 0.29) is 17.6 Å². The van der Waals surface area contributed by atoms with Crippen molar-refractivity contribution in [3.63, 3.8) is 0 Å². The van der Waals surface area contributed by atoms with Crippen molar-refractivity contribution in [3.8, 4) is 0 Å². The van der Waals surface area contributed by atoms with E-state index in [2.05, 4.69) is 20.9 Å². The molecule has 1 aliphatic carbocycles. The fourth-order valence-electron chi connectivity index (χ4n) is 5.47. The second-order valence-electron chi connectivity index (χ2n) is 9.01. The van der Waals surface area contributed by atoms with Crippen molar-refractivity contribution < 1.29 is 9.18 Å². The molecule has 1 aromatic carbocycles. The summed E-state index contributed by atoms with van der Waals surface area (Å²) >= 11 is 5.84. The smallest absolute Gasteiger partial charge is 0.154 e. The minimum Gasteiger partial charge on any atom is -0.298 e. The first-order valence-electron chi connectivity index (χ1n) is 10.9. The van der Waals surface area contributed by atoms with E-state index in [1.54, 1.807) is 24.4 Å². The third-order valence-electron chi connectivity index (χ3n) is 7.14. The van der Waals surface area contributed by atoms with Gasteiger partial charge in [0, 0.05) is 37.3 Å². The van der Waals surface area contributed by atoms with E-state index in [1.807, 2.05) is 19.2 Å². The fourth-order valence-corrected chi connectivity index (χ4v) is 5.58. The Balaban J connectivity index is 1.24. The van der Waals surface area contributed by atoms with Crippen molar-refractivity contribution in [2.24, 2.45) is 11.8 Å². The Morgan fingerprint density at radius 2 is 1.94 bits per heavy atom. The lowest BCUT2D eigenvalue weighted by Crippen LogP contribution is -2.39. The first kappa shape index (κ1) is 20.5. The van der Waals surface area contributed by atoms with Gasteiger partial charge in [0.05, 0.1) is 11.6 Å². The lowest BCUT2D eigenvalue weighted by atomic mass is 9.92. The lowest BCUT2D eigenvalue weighted by molar-refractivity contribution is -0.122. The molecule has 4 nitrogen and oxygen atoms in total. The van der Waals surface area contributed by atoms with Crippen molar-refractivity contribution in [2.45, 2.75) is 38.1 Å². The minimum atomic E-state index is -0.214. The number of carbonyl (C=O) groups excluding carboxylic acids is 1. The first-order valence-corrected chi connectivity index (χ1v) is 11.3. The number of rotatable bonds is 5. The predicted octanol–water partition coefficient (Wildman–Crippen LogP) is 5.05. The molecule has 5 rings (SSSR count). The van der Waals surface area contributed by atoms with Crippen LogP contribution in [0.1, 0.15) is 36.8 Å². The molecule has 2 unspecified atom stereocenters. The average Bonchev–Trinajstić information content (AvgIpc) is 3.33. The second-order valence-corrected chi connectivity index (χ2v) is 9.40. The third kappa shape index (κ3) is 4.09. The Morgan fingerprint density at radius 3 is 2.65 bits per heavy atom. The van der Waals surface area contributed by atoms with Gasteiger partial charge in [-0.1, -0.05) is 17.7 Å². The highest BCUT2D eigenvalue weighted by molar-refractivity contribution is 6.29. The van der Waals surface area contributed by atoms with Crippen LogP contribution in [-0.4, -0.2) is 39.8 Å². The van der Waals surface area contributed by atoms with Crippen LogP contribution in [0, 0.1) is 17.7 Å².